The predicted molar refractivity (Wildman–Crippen MR) is 356 cm³/mol. The lowest BCUT2D eigenvalue weighted by Crippen LogP contribution is -2.61. The van der Waals surface area contributed by atoms with Gasteiger partial charge in [-0.3, -0.25) is 9.59 Å². The predicted octanol–water partition coefficient (Wildman–Crippen LogP) is 17.4. The standard InChI is InChI=1S/C74H125NO10/c1-4-7-10-13-16-19-22-25-27-29-30-31-32-33-34-35-36-37-39-40-43-46-49-52-55-58-61-67(78)73(82)75-65(66(77)60-57-54-51-48-45-42-24-21-18-15-12-9-6-3)64-83-74-72(71(81)70(80)68(63-76)84-74)85-69(79)62-59-56-53-50-47-44-41-38-28-26-23-20-17-14-11-8-5-2/h8,11,16-17,19-20,25-28,30-31,33-34,41,44,50,53,57,60,65-68,70-72,74,76-78,80-81H,4-7,9-10,12-15,18,21-24,29,32,35-40,42-43,45-49,51-52,54-56,58-59,61-64H2,1-3H3,(H,75,82)/b11-8-,19-16-,20-17-,27-25-,28-26-,31-30-,34-33-,44-41-,53-50-,60-57+. The highest BCUT2D eigenvalue weighted by atomic mass is 16.7. The minimum Gasteiger partial charge on any atom is -0.454 e. The first-order valence-corrected chi connectivity index (χ1v) is 34.3. The molecule has 486 valence electrons. The minimum atomic E-state index is -1.65. The van der Waals surface area contributed by atoms with Gasteiger partial charge in [-0.15, -0.1) is 0 Å². The number of ether oxygens (including phenoxy) is 3. The molecule has 0 aromatic rings. The van der Waals surface area contributed by atoms with Gasteiger partial charge < -0.3 is 45.1 Å². The fourth-order valence-corrected chi connectivity index (χ4v) is 9.96. The van der Waals surface area contributed by atoms with Crippen LogP contribution < -0.4 is 5.32 Å². The second-order valence-electron chi connectivity index (χ2n) is 23.2. The number of hydrogen-bond acceptors (Lipinski definition) is 10. The molecular weight excluding hydrogens is 1060 g/mol. The number of nitrogens with one attached hydrogen (secondary N) is 1. The summed E-state index contributed by atoms with van der Waals surface area (Å²) >= 11 is 0. The van der Waals surface area contributed by atoms with Crippen molar-refractivity contribution < 1.29 is 49.3 Å². The van der Waals surface area contributed by atoms with Crippen molar-refractivity contribution in [3.8, 4) is 0 Å². The third kappa shape index (κ3) is 47.8. The lowest BCUT2D eigenvalue weighted by Gasteiger charge is -2.41. The maximum absolute atomic E-state index is 13.5. The molecule has 8 atom stereocenters. The van der Waals surface area contributed by atoms with Crippen LogP contribution in [0.15, 0.2) is 122 Å². The van der Waals surface area contributed by atoms with E-state index in [0.717, 1.165) is 103 Å². The molecule has 0 saturated carbocycles. The molecule has 0 aliphatic carbocycles. The molecule has 0 radical (unpaired) electrons. The van der Waals surface area contributed by atoms with Crippen LogP contribution in [0, 0.1) is 0 Å². The monoisotopic (exact) mass is 1190 g/mol. The van der Waals surface area contributed by atoms with E-state index in [4.69, 9.17) is 14.2 Å². The van der Waals surface area contributed by atoms with Gasteiger partial charge in [0.1, 0.15) is 24.4 Å². The third-order valence-electron chi connectivity index (χ3n) is 15.3. The normalized spacial score (nSPS) is 19.2. The molecule has 8 unspecified atom stereocenters. The van der Waals surface area contributed by atoms with Crippen molar-refractivity contribution >= 4 is 11.9 Å². The van der Waals surface area contributed by atoms with Crippen molar-refractivity contribution in [1.82, 2.24) is 5.32 Å². The van der Waals surface area contributed by atoms with Crippen molar-refractivity contribution in [2.45, 2.75) is 320 Å². The van der Waals surface area contributed by atoms with Gasteiger partial charge in [0, 0.05) is 6.42 Å². The molecule has 1 saturated heterocycles. The molecule has 1 rings (SSSR count). The summed E-state index contributed by atoms with van der Waals surface area (Å²) in [5.74, 6) is -1.26. The van der Waals surface area contributed by atoms with E-state index in [1.807, 2.05) is 18.2 Å². The Morgan fingerprint density at radius 3 is 1.29 bits per heavy atom. The van der Waals surface area contributed by atoms with E-state index in [-0.39, 0.29) is 19.4 Å². The van der Waals surface area contributed by atoms with Crippen LogP contribution in [0.25, 0.3) is 0 Å². The summed E-state index contributed by atoms with van der Waals surface area (Å²) in [4.78, 5) is 26.6. The molecule has 11 heteroatoms. The lowest BCUT2D eigenvalue weighted by molar-refractivity contribution is -0.305. The average molecular weight is 1190 g/mol. The molecule has 0 spiro atoms. The molecule has 6 N–H and O–H groups in total. The van der Waals surface area contributed by atoms with Gasteiger partial charge in [0.2, 0.25) is 5.91 Å². The zero-order chi connectivity index (χ0) is 61.7. The van der Waals surface area contributed by atoms with E-state index < -0.39 is 67.4 Å². The number of unbranched alkanes of at least 4 members (excludes halogenated alkanes) is 25. The van der Waals surface area contributed by atoms with E-state index >= 15 is 0 Å². The molecular formula is C74H125NO10. The first-order valence-electron chi connectivity index (χ1n) is 34.3. The van der Waals surface area contributed by atoms with Gasteiger partial charge in [-0.1, -0.05) is 277 Å². The Morgan fingerprint density at radius 2 is 0.847 bits per heavy atom. The average Bonchev–Trinajstić information content (AvgIpc) is 3.16. The summed E-state index contributed by atoms with van der Waals surface area (Å²) in [5.41, 5.74) is 0. The maximum Gasteiger partial charge on any atom is 0.306 e. The Kier molecular flexibility index (Phi) is 56.1. The van der Waals surface area contributed by atoms with Gasteiger partial charge >= 0.3 is 5.97 Å². The molecule has 0 aromatic heterocycles. The molecule has 1 aliphatic heterocycles. The fraction of sp³-hybridized carbons (Fsp3) is 0.703. The Labute approximate surface area is 519 Å². The van der Waals surface area contributed by atoms with Crippen LogP contribution in [0.1, 0.15) is 271 Å². The maximum atomic E-state index is 13.5. The molecule has 1 fully saturated rings. The molecule has 0 aromatic carbocycles. The molecule has 1 heterocycles. The molecule has 11 nitrogen and oxygen atoms in total. The van der Waals surface area contributed by atoms with Crippen LogP contribution in [-0.4, -0.2) is 99.6 Å². The Hall–Kier alpha value is -3.94. The van der Waals surface area contributed by atoms with E-state index in [9.17, 15) is 35.1 Å². The highest BCUT2D eigenvalue weighted by Gasteiger charge is 2.47. The number of esters is 1. The quantitative estimate of drug-likeness (QED) is 0.0195. The van der Waals surface area contributed by atoms with Crippen molar-refractivity contribution in [2.24, 2.45) is 0 Å². The van der Waals surface area contributed by atoms with E-state index in [2.05, 4.69) is 123 Å². The zero-order valence-electron chi connectivity index (χ0n) is 53.9. The molecule has 1 aliphatic rings. The van der Waals surface area contributed by atoms with E-state index in [0.29, 0.717) is 19.3 Å². The Bertz CT molecular complexity index is 1850. The van der Waals surface area contributed by atoms with Crippen LogP contribution in [0.3, 0.4) is 0 Å². The van der Waals surface area contributed by atoms with Crippen LogP contribution >= 0.6 is 0 Å². The lowest BCUT2D eigenvalue weighted by atomic mass is 9.99. The van der Waals surface area contributed by atoms with Crippen molar-refractivity contribution in [3.63, 3.8) is 0 Å². The number of hydrogen-bond donors (Lipinski definition) is 6. The van der Waals surface area contributed by atoms with Crippen molar-refractivity contribution in [3.05, 3.63) is 122 Å². The second kappa shape index (κ2) is 60.3. The first-order chi connectivity index (χ1) is 41.7. The van der Waals surface area contributed by atoms with Crippen molar-refractivity contribution in [1.29, 1.82) is 0 Å². The second-order valence-corrected chi connectivity index (χ2v) is 23.2. The SMILES string of the molecule is CC/C=C\C/C=C\C/C=C\C/C=C\C/C=C\CCCC(=O)OC1C(OCC(NC(=O)C(O)CCCCCCCCCCCC/C=C\C/C=C\C/C=C\C/C=C\CCCCC)C(O)/C=C/CCCCCCCCCCCCC)OC(CO)C(O)C1O. The van der Waals surface area contributed by atoms with Gasteiger partial charge in [0.05, 0.1) is 25.4 Å². The summed E-state index contributed by atoms with van der Waals surface area (Å²) in [6.45, 7) is 5.62. The van der Waals surface area contributed by atoms with Crippen LogP contribution in [0.4, 0.5) is 0 Å². The Morgan fingerprint density at radius 1 is 0.471 bits per heavy atom. The summed E-state index contributed by atoms with van der Waals surface area (Å²) in [7, 11) is 0. The molecule has 0 bridgehead atoms. The fourth-order valence-electron chi connectivity index (χ4n) is 9.96. The number of carbonyl (C=O) groups is 2. The van der Waals surface area contributed by atoms with Gasteiger partial charge in [0.25, 0.3) is 0 Å². The third-order valence-corrected chi connectivity index (χ3v) is 15.3. The molecule has 85 heavy (non-hydrogen) atoms. The summed E-state index contributed by atoms with van der Waals surface area (Å²) in [5, 5.41) is 57.2. The van der Waals surface area contributed by atoms with Crippen LogP contribution in [0.2, 0.25) is 0 Å². The number of amides is 1. The number of rotatable bonds is 57. The van der Waals surface area contributed by atoms with Crippen LogP contribution in [-0.2, 0) is 23.8 Å². The van der Waals surface area contributed by atoms with E-state index in [1.54, 1.807) is 6.08 Å². The first kappa shape index (κ1) is 79.1. The van der Waals surface area contributed by atoms with Crippen molar-refractivity contribution in [2.75, 3.05) is 13.2 Å². The number of carbonyl (C=O) groups excluding carboxylic acids is 2. The van der Waals surface area contributed by atoms with Gasteiger partial charge in [-0.25, -0.2) is 0 Å². The number of aliphatic hydroxyl groups is 5. The summed E-state index contributed by atoms with van der Waals surface area (Å²) in [6.07, 6.45) is 73.8. The topological polar surface area (TPSA) is 175 Å². The van der Waals surface area contributed by atoms with Gasteiger partial charge in [0.15, 0.2) is 12.4 Å². The summed E-state index contributed by atoms with van der Waals surface area (Å²) < 4.78 is 17.6. The van der Waals surface area contributed by atoms with Gasteiger partial charge in [-0.05, 0) is 109 Å². The smallest absolute Gasteiger partial charge is 0.306 e. The largest absolute Gasteiger partial charge is 0.454 e. The van der Waals surface area contributed by atoms with E-state index in [1.165, 1.54) is 116 Å². The zero-order valence-corrected chi connectivity index (χ0v) is 53.9. The minimum absolute atomic E-state index is 0.0393. The molecule has 1 amide bonds. The highest BCUT2D eigenvalue weighted by Crippen LogP contribution is 2.26. The van der Waals surface area contributed by atoms with Gasteiger partial charge in [-0.2, -0.15) is 0 Å². The van der Waals surface area contributed by atoms with Crippen LogP contribution in [0.5, 0.6) is 0 Å². The summed E-state index contributed by atoms with van der Waals surface area (Å²) in [6, 6.07) is -1.05. The Balaban J connectivity index is 2.64. The number of allylic oxidation sites excluding steroid dienone is 19. The number of aliphatic hydroxyl groups excluding tert-OH is 5. The highest BCUT2D eigenvalue weighted by molar-refractivity contribution is 5.80.